The van der Waals surface area contributed by atoms with E-state index in [1.165, 1.54) is 23.5 Å². The minimum absolute atomic E-state index is 0.257. The van der Waals surface area contributed by atoms with E-state index in [1.807, 2.05) is 13.0 Å². The fourth-order valence-electron chi connectivity index (χ4n) is 1.18. The van der Waals surface area contributed by atoms with Crippen molar-refractivity contribution in [3.8, 4) is 10.6 Å². The van der Waals surface area contributed by atoms with Gasteiger partial charge in [0.15, 0.2) is 0 Å². The van der Waals surface area contributed by atoms with Crippen molar-refractivity contribution in [3.63, 3.8) is 0 Å². The Morgan fingerprint density at radius 3 is 3.00 bits per heavy atom. The van der Waals surface area contributed by atoms with Gasteiger partial charge in [-0.25, -0.2) is 4.39 Å². The van der Waals surface area contributed by atoms with Crippen LogP contribution in [0.15, 0.2) is 24.3 Å². The molecule has 78 valence electrons. The summed E-state index contributed by atoms with van der Waals surface area (Å²) < 4.78 is 12.9. The molecule has 0 atom stereocenters. The summed E-state index contributed by atoms with van der Waals surface area (Å²) in [6.45, 7) is 2.79. The molecular formula is C10H10FN3S. The molecule has 0 spiro atoms. The fraction of sp³-hybridized carbons (Fsp3) is 0.200. The minimum Gasteiger partial charge on any atom is -0.360 e. The van der Waals surface area contributed by atoms with Gasteiger partial charge in [0.2, 0.25) is 5.13 Å². The lowest BCUT2D eigenvalue weighted by Gasteiger charge is -1.94. The van der Waals surface area contributed by atoms with Gasteiger partial charge in [-0.15, -0.1) is 10.2 Å². The molecule has 0 aliphatic carbocycles. The van der Waals surface area contributed by atoms with Gasteiger partial charge in [-0.1, -0.05) is 23.5 Å². The number of hydrogen-bond donors (Lipinski definition) is 1. The quantitative estimate of drug-likeness (QED) is 0.869. The molecule has 0 radical (unpaired) electrons. The van der Waals surface area contributed by atoms with Crippen LogP contribution in [-0.4, -0.2) is 16.7 Å². The lowest BCUT2D eigenvalue weighted by atomic mass is 10.2. The van der Waals surface area contributed by atoms with Crippen molar-refractivity contribution in [2.45, 2.75) is 6.92 Å². The largest absolute Gasteiger partial charge is 0.360 e. The average molecular weight is 223 g/mol. The Morgan fingerprint density at radius 1 is 1.40 bits per heavy atom. The van der Waals surface area contributed by atoms with Crippen LogP contribution >= 0.6 is 11.3 Å². The van der Waals surface area contributed by atoms with E-state index in [9.17, 15) is 4.39 Å². The van der Waals surface area contributed by atoms with Gasteiger partial charge in [0.05, 0.1) is 0 Å². The average Bonchev–Trinajstić information content (AvgIpc) is 2.67. The molecule has 2 aromatic rings. The lowest BCUT2D eigenvalue weighted by Crippen LogP contribution is -1.94. The molecule has 1 aromatic heterocycles. The summed E-state index contributed by atoms with van der Waals surface area (Å²) in [5.41, 5.74) is 0.761. The van der Waals surface area contributed by atoms with Gasteiger partial charge >= 0.3 is 0 Å². The van der Waals surface area contributed by atoms with Gasteiger partial charge in [0.1, 0.15) is 10.8 Å². The van der Waals surface area contributed by atoms with Crippen molar-refractivity contribution in [2.75, 3.05) is 11.9 Å². The zero-order valence-corrected chi connectivity index (χ0v) is 9.01. The maximum atomic E-state index is 12.9. The summed E-state index contributed by atoms with van der Waals surface area (Å²) in [4.78, 5) is 0. The van der Waals surface area contributed by atoms with Crippen LogP contribution in [0.3, 0.4) is 0 Å². The maximum absolute atomic E-state index is 12.9. The molecule has 1 N–H and O–H groups in total. The van der Waals surface area contributed by atoms with E-state index in [4.69, 9.17) is 0 Å². The van der Waals surface area contributed by atoms with E-state index in [0.717, 1.165) is 22.2 Å². The Bertz CT molecular complexity index is 455. The molecule has 0 saturated heterocycles. The number of hydrogen-bond acceptors (Lipinski definition) is 4. The van der Waals surface area contributed by atoms with Gasteiger partial charge in [-0.2, -0.15) is 0 Å². The first kappa shape index (κ1) is 10.0. The van der Waals surface area contributed by atoms with E-state index in [0.29, 0.717) is 0 Å². The number of halogens is 1. The van der Waals surface area contributed by atoms with Crippen molar-refractivity contribution < 1.29 is 4.39 Å². The second-order valence-electron chi connectivity index (χ2n) is 2.95. The lowest BCUT2D eigenvalue weighted by molar-refractivity contribution is 0.628. The number of nitrogens with one attached hydrogen (secondary N) is 1. The molecule has 0 unspecified atom stereocenters. The highest BCUT2D eigenvalue weighted by molar-refractivity contribution is 7.18. The van der Waals surface area contributed by atoms with Crippen molar-refractivity contribution >= 4 is 16.5 Å². The zero-order chi connectivity index (χ0) is 10.7. The van der Waals surface area contributed by atoms with Crippen LogP contribution < -0.4 is 5.32 Å². The molecule has 15 heavy (non-hydrogen) atoms. The predicted molar refractivity (Wildman–Crippen MR) is 59.5 cm³/mol. The van der Waals surface area contributed by atoms with Crippen molar-refractivity contribution in [1.29, 1.82) is 0 Å². The van der Waals surface area contributed by atoms with E-state index in [2.05, 4.69) is 15.5 Å². The van der Waals surface area contributed by atoms with Crippen LogP contribution in [-0.2, 0) is 0 Å². The highest BCUT2D eigenvalue weighted by atomic mass is 32.1. The molecule has 0 aliphatic heterocycles. The van der Waals surface area contributed by atoms with Gasteiger partial charge in [0.25, 0.3) is 0 Å². The normalized spacial score (nSPS) is 10.3. The zero-order valence-electron chi connectivity index (χ0n) is 8.20. The maximum Gasteiger partial charge on any atom is 0.205 e. The Hall–Kier alpha value is -1.49. The van der Waals surface area contributed by atoms with Gasteiger partial charge in [-0.05, 0) is 19.1 Å². The van der Waals surface area contributed by atoms with Crippen LogP contribution in [0.5, 0.6) is 0 Å². The van der Waals surface area contributed by atoms with Crippen LogP contribution in [0.25, 0.3) is 10.6 Å². The third-order valence-electron chi connectivity index (χ3n) is 1.82. The molecule has 0 bridgehead atoms. The summed E-state index contributed by atoms with van der Waals surface area (Å²) in [6, 6.07) is 6.35. The molecule has 1 aromatic carbocycles. The summed E-state index contributed by atoms with van der Waals surface area (Å²) in [5.74, 6) is -0.257. The van der Waals surface area contributed by atoms with E-state index < -0.39 is 0 Å². The summed E-state index contributed by atoms with van der Waals surface area (Å²) in [6.07, 6.45) is 0. The second kappa shape index (κ2) is 4.35. The first-order valence-corrected chi connectivity index (χ1v) is 5.44. The summed E-state index contributed by atoms with van der Waals surface area (Å²) in [7, 11) is 0. The third-order valence-corrected chi connectivity index (χ3v) is 2.75. The number of rotatable bonds is 3. The fourth-order valence-corrected chi connectivity index (χ4v) is 1.99. The Kier molecular flexibility index (Phi) is 2.91. The highest BCUT2D eigenvalue weighted by Gasteiger charge is 2.06. The van der Waals surface area contributed by atoms with Gasteiger partial charge in [-0.3, -0.25) is 0 Å². The Morgan fingerprint density at radius 2 is 2.27 bits per heavy atom. The second-order valence-corrected chi connectivity index (χ2v) is 3.93. The Balaban J connectivity index is 2.29. The van der Waals surface area contributed by atoms with E-state index in [1.54, 1.807) is 6.07 Å². The monoisotopic (exact) mass is 223 g/mol. The minimum atomic E-state index is -0.257. The predicted octanol–water partition coefficient (Wildman–Crippen LogP) is 2.78. The van der Waals surface area contributed by atoms with Crippen molar-refractivity contribution in [1.82, 2.24) is 10.2 Å². The standard InChI is InChI=1S/C10H10FN3S/c1-2-12-10-14-13-9(15-10)7-4-3-5-8(11)6-7/h3-6H,2H2,1H3,(H,12,14). The molecule has 0 aliphatic rings. The number of aromatic nitrogens is 2. The van der Waals surface area contributed by atoms with Crippen molar-refractivity contribution in [2.24, 2.45) is 0 Å². The van der Waals surface area contributed by atoms with Crippen LogP contribution in [0.2, 0.25) is 0 Å². The van der Waals surface area contributed by atoms with E-state index in [-0.39, 0.29) is 5.82 Å². The molecular weight excluding hydrogens is 213 g/mol. The number of benzene rings is 1. The number of nitrogens with zero attached hydrogens (tertiary/aromatic N) is 2. The molecule has 2 rings (SSSR count). The van der Waals surface area contributed by atoms with Gasteiger partial charge in [0, 0.05) is 12.1 Å². The first-order chi connectivity index (χ1) is 7.29. The van der Waals surface area contributed by atoms with Crippen LogP contribution in [0, 0.1) is 5.82 Å². The molecule has 1 heterocycles. The first-order valence-electron chi connectivity index (χ1n) is 4.63. The third kappa shape index (κ3) is 2.30. The highest BCUT2D eigenvalue weighted by Crippen LogP contribution is 2.26. The van der Waals surface area contributed by atoms with Crippen LogP contribution in [0.4, 0.5) is 9.52 Å². The topological polar surface area (TPSA) is 37.8 Å². The molecule has 0 fully saturated rings. The summed E-state index contributed by atoms with van der Waals surface area (Å²) >= 11 is 1.42. The Labute approximate surface area is 91.0 Å². The van der Waals surface area contributed by atoms with Crippen molar-refractivity contribution in [3.05, 3.63) is 30.1 Å². The van der Waals surface area contributed by atoms with Gasteiger partial charge < -0.3 is 5.32 Å². The van der Waals surface area contributed by atoms with Crippen LogP contribution in [0.1, 0.15) is 6.92 Å². The molecule has 0 amide bonds. The molecule has 3 nitrogen and oxygen atoms in total. The summed E-state index contributed by atoms with van der Waals surface area (Å²) in [5, 5.41) is 12.5. The van der Waals surface area contributed by atoms with E-state index >= 15 is 0 Å². The molecule has 5 heteroatoms. The number of anilines is 1. The SMILES string of the molecule is CCNc1nnc(-c2cccc(F)c2)s1. The molecule has 0 saturated carbocycles. The smallest absolute Gasteiger partial charge is 0.205 e.